The molecule has 1 saturated heterocycles. The molecule has 5 heteroatoms. The van der Waals surface area contributed by atoms with Crippen LogP contribution >= 0.6 is 0 Å². The first-order valence-electron chi connectivity index (χ1n) is 5.93. The average Bonchev–Trinajstić information content (AvgIpc) is 2.67. The lowest BCUT2D eigenvalue weighted by Gasteiger charge is -2.37. The normalized spacial score (nSPS) is 27.2. The zero-order chi connectivity index (χ0) is 11.5. The minimum atomic E-state index is 0.472. The van der Waals surface area contributed by atoms with Gasteiger partial charge >= 0.3 is 0 Å². The Bertz CT molecular complexity index is 338. The maximum Gasteiger partial charge on any atom is 0.122 e. The quantitative estimate of drug-likeness (QED) is 0.827. The number of hydrogen-bond acceptors (Lipinski definition) is 5. The molecule has 1 aliphatic heterocycles. The topological polar surface area (TPSA) is 68.2 Å². The molecule has 2 atom stereocenters. The Labute approximate surface area is 95.9 Å². The highest BCUT2D eigenvalue weighted by molar-refractivity contribution is 5.05. The molecule has 0 spiro atoms. The minimum absolute atomic E-state index is 0.472. The van der Waals surface area contributed by atoms with Crippen LogP contribution in [0.1, 0.15) is 31.2 Å². The van der Waals surface area contributed by atoms with E-state index in [0.29, 0.717) is 12.6 Å². The third kappa shape index (κ3) is 2.41. The maximum absolute atomic E-state index is 5.82. The summed E-state index contributed by atoms with van der Waals surface area (Å²) in [4.78, 5) is 2.40. The van der Waals surface area contributed by atoms with E-state index in [4.69, 9.17) is 10.4 Å². The van der Waals surface area contributed by atoms with Crippen molar-refractivity contribution in [1.82, 2.24) is 15.2 Å². The Kier molecular flexibility index (Phi) is 3.56. The molecular weight excluding hydrogens is 204 g/mol. The van der Waals surface area contributed by atoms with Gasteiger partial charge in [0.15, 0.2) is 0 Å². The predicted octanol–water partition coefficient (Wildman–Crippen LogP) is 0.937. The van der Waals surface area contributed by atoms with Crippen LogP contribution in [0.5, 0.6) is 0 Å². The molecule has 0 amide bonds. The molecule has 2 unspecified atom stereocenters. The van der Waals surface area contributed by atoms with E-state index < -0.39 is 0 Å². The summed E-state index contributed by atoms with van der Waals surface area (Å²) in [6.45, 7) is 6.84. The monoisotopic (exact) mass is 224 g/mol. The van der Waals surface area contributed by atoms with Gasteiger partial charge in [0.2, 0.25) is 0 Å². The molecule has 0 saturated carbocycles. The number of likely N-dealkylation sites (tertiary alicyclic amines) is 1. The molecule has 0 aliphatic carbocycles. The van der Waals surface area contributed by atoms with Crippen molar-refractivity contribution in [2.75, 3.05) is 13.1 Å². The van der Waals surface area contributed by atoms with Crippen LogP contribution in [-0.4, -0.2) is 34.3 Å². The zero-order valence-corrected chi connectivity index (χ0v) is 10.0. The third-order valence-electron chi connectivity index (χ3n) is 3.47. The number of aryl methyl sites for hydroxylation is 1. The van der Waals surface area contributed by atoms with E-state index in [0.717, 1.165) is 30.4 Å². The number of hydrogen-bond donors (Lipinski definition) is 1. The lowest BCUT2D eigenvalue weighted by Crippen LogP contribution is -2.45. The van der Waals surface area contributed by atoms with Gasteiger partial charge in [-0.25, -0.2) is 4.63 Å². The summed E-state index contributed by atoms with van der Waals surface area (Å²) >= 11 is 0. The van der Waals surface area contributed by atoms with Crippen LogP contribution in [0.15, 0.2) is 4.63 Å². The van der Waals surface area contributed by atoms with E-state index in [1.54, 1.807) is 0 Å². The Hall–Kier alpha value is -0.940. The second-order valence-corrected chi connectivity index (χ2v) is 4.79. The number of aromatic nitrogens is 2. The lowest BCUT2D eigenvalue weighted by molar-refractivity contribution is 0.112. The molecule has 2 N–H and O–H groups in total. The van der Waals surface area contributed by atoms with E-state index in [9.17, 15) is 0 Å². The zero-order valence-electron chi connectivity index (χ0n) is 10.0. The largest absolute Gasteiger partial charge is 0.329 e. The van der Waals surface area contributed by atoms with Gasteiger partial charge in [-0.15, -0.1) is 0 Å². The number of nitrogens with zero attached hydrogens (tertiary/aromatic N) is 3. The minimum Gasteiger partial charge on any atom is -0.329 e. The van der Waals surface area contributed by atoms with Crippen LogP contribution in [-0.2, 0) is 6.54 Å². The molecule has 16 heavy (non-hydrogen) atoms. The number of piperidine rings is 1. The fraction of sp³-hybridized carbons (Fsp3) is 0.818. The van der Waals surface area contributed by atoms with Gasteiger partial charge in [0.1, 0.15) is 11.4 Å². The van der Waals surface area contributed by atoms with Crippen molar-refractivity contribution < 1.29 is 4.63 Å². The standard InChI is InChI=1S/C11H20N4O/c1-8-3-4-15(10(5-8)6-12)7-11-9(2)13-16-14-11/h8,10H,3-7,12H2,1-2H3. The molecule has 1 fully saturated rings. The molecule has 90 valence electrons. The number of rotatable bonds is 3. The second kappa shape index (κ2) is 4.93. The second-order valence-electron chi connectivity index (χ2n) is 4.79. The molecule has 5 nitrogen and oxygen atoms in total. The van der Waals surface area contributed by atoms with Gasteiger partial charge in [0, 0.05) is 19.1 Å². The molecule has 1 aromatic rings. The summed E-state index contributed by atoms with van der Waals surface area (Å²) in [7, 11) is 0. The van der Waals surface area contributed by atoms with Crippen molar-refractivity contribution in [2.24, 2.45) is 11.7 Å². The van der Waals surface area contributed by atoms with Crippen molar-refractivity contribution in [1.29, 1.82) is 0 Å². The Morgan fingerprint density at radius 3 is 2.94 bits per heavy atom. The van der Waals surface area contributed by atoms with Gasteiger partial charge in [-0.2, -0.15) is 0 Å². The van der Waals surface area contributed by atoms with Crippen molar-refractivity contribution in [3.05, 3.63) is 11.4 Å². The first-order chi connectivity index (χ1) is 7.70. The first-order valence-corrected chi connectivity index (χ1v) is 5.93. The van der Waals surface area contributed by atoms with Gasteiger partial charge in [-0.05, 0) is 32.2 Å². The summed E-state index contributed by atoms with van der Waals surface area (Å²) in [5, 5.41) is 7.73. The maximum atomic E-state index is 5.82. The van der Waals surface area contributed by atoms with Crippen LogP contribution in [0.4, 0.5) is 0 Å². The van der Waals surface area contributed by atoms with Crippen LogP contribution in [0.2, 0.25) is 0 Å². The van der Waals surface area contributed by atoms with Crippen LogP contribution in [0.25, 0.3) is 0 Å². The Morgan fingerprint density at radius 1 is 1.50 bits per heavy atom. The van der Waals surface area contributed by atoms with Gasteiger partial charge < -0.3 is 5.73 Å². The molecule has 0 radical (unpaired) electrons. The smallest absolute Gasteiger partial charge is 0.122 e. The highest BCUT2D eigenvalue weighted by Gasteiger charge is 2.26. The van der Waals surface area contributed by atoms with Gasteiger partial charge in [0.25, 0.3) is 0 Å². The van der Waals surface area contributed by atoms with Crippen molar-refractivity contribution in [3.8, 4) is 0 Å². The van der Waals surface area contributed by atoms with Gasteiger partial charge in [-0.3, -0.25) is 4.90 Å². The van der Waals surface area contributed by atoms with Crippen LogP contribution in [0.3, 0.4) is 0 Å². The molecule has 1 aromatic heterocycles. The Morgan fingerprint density at radius 2 is 2.31 bits per heavy atom. The summed E-state index contributed by atoms with van der Waals surface area (Å²) in [6.07, 6.45) is 2.42. The lowest BCUT2D eigenvalue weighted by atomic mass is 9.92. The fourth-order valence-electron chi connectivity index (χ4n) is 2.34. The van der Waals surface area contributed by atoms with E-state index >= 15 is 0 Å². The van der Waals surface area contributed by atoms with Crippen molar-refractivity contribution >= 4 is 0 Å². The molecule has 0 bridgehead atoms. The van der Waals surface area contributed by atoms with Crippen molar-refractivity contribution in [3.63, 3.8) is 0 Å². The first kappa shape index (κ1) is 11.5. The summed E-state index contributed by atoms with van der Waals surface area (Å²) in [5.74, 6) is 0.779. The molecule has 2 rings (SSSR count). The van der Waals surface area contributed by atoms with Gasteiger partial charge in [-0.1, -0.05) is 17.2 Å². The fourth-order valence-corrected chi connectivity index (χ4v) is 2.34. The van der Waals surface area contributed by atoms with Crippen molar-refractivity contribution in [2.45, 2.75) is 39.3 Å². The van der Waals surface area contributed by atoms with Gasteiger partial charge in [0.05, 0.1) is 0 Å². The molecule has 1 aliphatic rings. The molecule has 2 heterocycles. The van der Waals surface area contributed by atoms with E-state index in [1.165, 1.54) is 12.8 Å². The summed E-state index contributed by atoms with van der Waals surface area (Å²) < 4.78 is 4.72. The number of nitrogens with two attached hydrogens (primary N) is 1. The summed E-state index contributed by atoms with van der Waals surface area (Å²) in [5.41, 5.74) is 7.64. The van der Waals surface area contributed by atoms with Crippen LogP contribution in [0, 0.1) is 12.8 Å². The Balaban J connectivity index is 2.01. The van der Waals surface area contributed by atoms with E-state index in [1.807, 2.05) is 6.92 Å². The van der Waals surface area contributed by atoms with E-state index in [-0.39, 0.29) is 0 Å². The predicted molar refractivity (Wildman–Crippen MR) is 60.7 cm³/mol. The average molecular weight is 224 g/mol. The highest BCUT2D eigenvalue weighted by Crippen LogP contribution is 2.23. The molecular formula is C11H20N4O. The highest BCUT2D eigenvalue weighted by atomic mass is 16.6. The van der Waals surface area contributed by atoms with Crippen LogP contribution < -0.4 is 5.73 Å². The third-order valence-corrected chi connectivity index (χ3v) is 3.47. The SMILES string of the molecule is Cc1nonc1CN1CCC(C)CC1CN. The molecule has 0 aromatic carbocycles. The van der Waals surface area contributed by atoms with E-state index in [2.05, 4.69) is 22.1 Å². The summed E-state index contributed by atoms with van der Waals surface area (Å²) in [6, 6.07) is 0.472.